The van der Waals surface area contributed by atoms with Crippen molar-refractivity contribution in [3.63, 3.8) is 0 Å². The molecule has 1 atom stereocenters. The van der Waals surface area contributed by atoms with Crippen LogP contribution in [0.4, 0.5) is 0 Å². The topological polar surface area (TPSA) is 62.3 Å². The van der Waals surface area contributed by atoms with Crippen LogP contribution in [0.1, 0.15) is 50.5 Å². The Morgan fingerprint density at radius 2 is 1.72 bits per heavy atom. The molecule has 1 aromatic heterocycles. The van der Waals surface area contributed by atoms with E-state index in [-0.39, 0.29) is 23.6 Å². The first-order valence-electron chi connectivity index (χ1n) is 9.80. The fraction of sp³-hybridized carbons (Fsp3) is 0.208. The number of carbonyl (C=O) groups is 2. The van der Waals surface area contributed by atoms with E-state index in [0.717, 1.165) is 12.0 Å². The lowest BCUT2D eigenvalue weighted by Crippen LogP contribution is -2.36. The van der Waals surface area contributed by atoms with Gasteiger partial charge in [-0.25, -0.2) is 0 Å². The first kappa shape index (κ1) is 18.9. The Hall–Kier alpha value is -3.47. The van der Waals surface area contributed by atoms with Crippen LogP contribution in [0.15, 0.2) is 72.9 Å². The second kappa shape index (κ2) is 8.27. The minimum atomic E-state index is -0.292. The molecule has 146 valence electrons. The zero-order chi connectivity index (χ0) is 20.2. The average molecular weight is 385 g/mol. The molecule has 0 saturated heterocycles. The number of rotatable bonds is 4. The summed E-state index contributed by atoms with van der Waals surface area (Å²) in [5, 5.41) is 2.94. The third-order valence-corrected chi connectivity index (χ3v) is 5.30. The Labute approximate surface area is 170 Å². The van der Waals surface area contributed by atoms with Crippen LogP contribution >= 0.6 is 0 Å². The van der Waals surface area contributed by atoms with Gasteiger partial charge in [-0.05, 0) is 42.2 Å². The minimum absolute atomic E-state index is 0.0768. The van der Waals surface area contributed by atoms with E-state index < -0.39 is 0 Å². The number of hydrogen-bond donors (Lipinski definition) is 1. The molecule has 5 heteroatoms. The summed E-state index contributed by atoms with van der Waals surface area (Å²) in [4.78, 5) is 31.6. The molecule has 2 aromatic carbocycles. The van der Waals surface area contributed by atoms with Gasteiger partial charge in [-0.1, -0.05) is 54.6 Å². The predicted molar refractivity (Wildman–Crippen MR) is 111 cm³/mol. The first-order valence-corrected chi connectivity index (χ1v) is 9.80. The average Bonchev–Trinajstić information content (AvgIpc) is 2.79. The highest BCUT2D eigenvalue weighted by atomic mass is 16.2. The van der Waals surface area contributed by atoms with Crippen LogP contribution in [0.3, 0.4) is 0 Å². The summed E-state index contributed by atoms with van der Waals surface area (Å²) in [6.45, 7) is 3.18. The molecule has 0 aliphatic carbocycles. The summed E-state index contributed by atoms with van der Waals surface area (Å²) >= 11 is 0. The second-order valence-corrected chi connectivity index (χ2v) is 7.28. The number of nitrogens with zero attached hydrogens (tertiary/aromatic N) is 2. The van der Waals surface area contributed by atoms with Crippen molar-refractivity contribution in [1.29, 1.82) is 0 Å². The number of amides is 2. The molecule has 2 heterocycles. The molecule has 1 aliphatic heterocycles. The summed E-state index contributed by atoms with van der Waals surface area (Å²) in [6.07, 6.45) is 2.36. The van der Waals surface area contributed by atoms with Gasteiger partial charge in [0, 0.05) is 24.8 Å². The number of aromatic nitrogens is 1. The van der Waals surface area contributed by atoms with Gasteiger partial charge in [-0.15, -0.1) is 0 Å². The Morgan fingerprint density at radius 3 is 2.52 bits per heavy atom. The Morgan fingerprint density at radius 1 is 1.00 bits per heavy atom. The van der Waals surface area contributed by atoms with Gasteiger partial charge in [0.2, 0.25) is 0 Å². The van der Waals surface area contributed by atoms with Gasteiger partial charge in [0.1, 0.15) is 5.69 Å². The van der Waals surface area contributed by atoms with Crippen LogP contribution in [-0.4, -0.2) is 28.2 Å². The zero-order valence-corrected chi connectivity index (χ0v) is 16.3. The maximum atomic E-state index is 13.0. The van der Waals surface area contributed by atoms with E-state index in [2.05, 4.69) is 22.4 Å². The maximum absolute atomic E-state index is 13.0. The van der Waals surface area contributed by atoms with Crippen LogP contribution in [0.5, 0.6) is 0 Å². The molecular formula is C24H23N3O2. The van der Waals surface area contributed by atoms with Gasteiger partial charge in [-0.2, -0.15) is 0 Å². The van der Waals surface area contributed by atoms with E-state index >= 15 is 0 Å². The second-order valence-electron chi connectivity index (χ2n) is 7.28. The monoisotopic (exact) mass is 385 g/mol. The Bertz CT molecular complexity index is 1030. The molecule has 0 saturated carbocycles. The van der Waals surface area contributed by atoms with E-state index in [1.54, 1.807) is 12.1 Å². The number of fused-ring (bicyclic) bond motifs is 1. The highest BCUT2D eigenvalue weighted by molar-refractivity contribution is 5.98. The first-order chi connectivity index (χ1) is 14.1. The van der Waals surface area contributed by atoms with Gasteiger partial charge in [-0.3, -0.25) is 14.6 Å². The van der Waals surface area contributed by atoms with Crippen LogP contribution in [-0.2, 0) is 13.0 Å². The molecule has 4 rings (SSSR count). The Balaban J connectivity index is 1.47. The highest BCUT2D eigenvalue weighted by Gasteiger charge is 2.22. The zero-order valence-electron chi connectivity index (χ0n) is 16.3. The summed E-state index contributed by atoms with van der Waals surface area (Å²) in [5.74, 6) is -0.368. The number of benzene rings is 2. The van der Waals surface area contributed by atoms with E-state index in [9.17, 15) is 9.59 Å². The molecule has 1 unspecified atom stereocenters. The minimum Gasteiger partial charge on any atom is -0.344 e. The molecule has 3 aromatic rings. The van der Waals surface area contributed by atoms with Crippen molar-refractivity contribution in [2.24, 2.45) is 0 Å². The fourth-order valence-electron chi connectivity index (χ4n) is 3.64. The van der Waals surface area contributed by atoms with Gasteiger partial charge >= 0.3 is 0 Å². The van der Waals surface area contributed by atoms with E-state index in [0.29, 0.717) is 18.7 Å². The lowest BCUT2D eigenvalue weighted by atomic mass is 9.99. The third kappa shape index (κ3) is 4.19. The van der Waals surface area contributed by atoms with Crippen molar-refractivity contribution in [2.75, 3.05) is 6.54 Å². The van der Waals surface area contributed by atoms with Gasteiger partial charge in [0.25, 0.3) is 11.8 Å². The van der Waals surface area contributed by atoms with Crippen LogP contribution in [0.25, 0.3) is 0 Å². The van der Waals surface area contributed by atoms with E-state index in [1.807, 2.05) is 54.3 Å². The van der Waals surface area contributed by atoms with Gasteiger partial charge in [0.05, 0.1) is 6.04 Å². The SMILES string of the molecule is CC(NC(=O)c1cc(C(=O)N2CCc3ccccc3C2)ccn1)c1ccccc1. The number of hydrogen-bond acceptors (Lipinski definition) is 3. The standard InChI is InChI=1S/C24H23N3O2/c1-17(18-7-3-2-4-8-18)26-23(28)22-15-20(11-13-25-22)24(29)27-14-12-19-9-5-6-10-21(19)16-27/h2-11,13,15,17H,12,14,16H2,1H3,(H,26,28). The lowest BCUT2D eigenvalue weighted by Gasteiger charge is -2.29. The van der Waals surface area contributed by atoms with Crippen molar-refractivity contribution in [2.45, 2.75) is 25.9 Å². The lowest BCUT2D eigenvalue weighted by molar-refractivity contribution is 0.0734. The van der Waals surface area contributed by atoms with E-state index in [1.165, 1.54) is 17.3 Å². The number of pyridine rings is 1. The molecule has 2 amide bonds. The molecule has 0 bridgehead atoms. The summed E-state index contributed by atoms with van der Waals surface area (Å²) < 4.78 is 0. The molecular weight excluding hydrogens is 362 g/mol. The third-order valence-electron chi connectivity index (χ3n) is 5.30. The predicted octanol–water partition coefficient (Wildman–Crippen LogP) is 3.77. The molecule has 1 N–H and O–H groups in total. The molecule has 0 fully saturated rings. The fourth-order valence-corrected chi connectivity index (χ4v) is 3.64. The quantitative estimate of drug-likeness (QED) is 0.744. The largest absolute Gasteiger partial charge is 0.344 e. The normalized spacial score (nSPS) is 14.0. The van der Waals surface area contributed by atoms with Gasteiger partial charge in [0.15, 0.2) is 0 Å². The van der Waals surface area contributed by atoms with Gasteiger partial charge < -0.3 is 10.2 Å². The highest BCUT2D eigenvalue weighted by Crippen LogP contribution is 2.20. The summed E-state index contributed by atoms with van der Waals surface area (Å²) in [6, 6.07) is 21.0. The summed E-state index contributed by atoms with van der Waals surface area (Å²) in [7, 11) is 0. The summed E-state index contributed by atoms with van der Waals surface area (Å²) in [5.41, 5.74) is 4.21. The van der Waals surface area contributed by atoms with Crippen molar-refractivity contribution >= 4 is 11.8 Å². The molecule has 0 radical (unpaired) electrons. The van der Waals surface area contributed by atoms with Crippen molar-refractivity contribution in [3.8, 4) is 0 Å². The number of nitrogens with one attached hydrogen (secondary N) is 1. The smallest absolute Gasteiger partial charge is 0.270 e. The van der Waals surface area contributed by atoms with Crippen molar-refractivity contribution in [1.82, 2.24) is 15.2 Å². The van der Waals surface area contributed by atoms with Crippen molar-refractivity contribution < 1.29 is 9.59 Å². The van der Waals surface area contributed by atoms with Crippen LogP contribution in [0.2, 0.25) is 0 Å². The molecule has 5 nitrogen and oxygen atoms in total. The molecule has 1 aliphatic rings. The molecule has 0 spiro atoms. The maximum Gasteiger partial charge on any atom is 0.270 e. The van der Waals surface area contributed by atoms with E-state index in [4.69, 9.17) is 0 Å². The Kier molecular flexibility index (Phi) is 5.38. The van der Waals surface area contributed by atoms with Crippen molar-refractivity contribution in [3.05, 3.63) is 101 Å². The number of carbonyl (C=O) groups excluding carboxylic acids is 2. The molecule has 29 heavy (non-hydrogen) atoms. The van der Waals surface area contributed by atoms with Crippen LogP contribution < -0.4 is 5.32 Å². The van der Waals surface area contributed by atoms with Crippen LogP contribution in [0, 0.1) is 0 Å².